The number of nitrogens with one attached hydrogen (secondary N) is 1. The van der Waals surface area contributed by atoms with Crippen molar-refractivity contribution in [3.8, 4) is 0 Å². The van der Waals surface area contributed by atoms with Crippen LogP contribution >= 0.6 is 23.2 Å². The molecule has 0 aliphatic heterocycles. The van der Waals surface area contributed by atoms with Gasteiger partial charge in [-0.05, 0) is 25.4 Å². The monoisotopic (exact) mass is 248 g/mol. The predicted molar refractivity (Wildman–Crippen MR) is 55.8 cm³/mol. The van der Waals surface area contributed by atoms with Gasteiger partial charge in [0.2, 0.25) is 5.28 Å². The van der Waals surface area contributed by atoms with Crippen LogP contribution in [0.25, 0.3) is 11.2 Å². The summed E-state index contributed by atoms with van der Waals surface area (Å²) in [5, 5.41) is 0.121. The summed E-state index contributed by atoms with van der Waals surface area (Å²) < 4.78 is 13.6. The van der Waals surface area contributed by atoms with Crippen molar-refractivity contribution in [2.45, 2.75) is 19.5 Å². The van der Waals surface area contributed by atoms with Gasteiger partial charge in [0.05, 0.1) is 0 Å². The largest absolute Gasteiger partial charge is 0.335 e. The topological polar surface area (TPSA) is 54.5 Å². The van der Waals surface area contributed by atoms with Crippen LogP contribution < -0.4 is 0 Å². The highest BCUT2D eigenvalue weighted by Gasteiger charge is 2.24. The fourth-order valence-electron chi connectivity index (χ4n) is 1.12. The molecule has 0 aliphatic rings. The van der Waals surface area contributed by atoms with Crippen molar-refractivity contribution in [2.75, 3.05) is 0 Å². The number of H-pyrrole nitrogens is 1. The van der Waals surface area contributed by atoms with Crippen molar-refractivity contribution in [1.29, 1.82) is 0 Å². The number of hydrogen-bond donors (Lipinski definition) is 1. The number of alkyl halides is 1. The van der Waals surface area contributed by atoms with E-state index < -0.39 is 5.67 Å². The average molecular weight is 249 g/mol. The highest BCUT2D eigenvalue weighted by Crippen LogP contribution is 2.26. The number of hydrogen-bond acceptors (Lipinski definition) is 3. The molecule has 80 valence electrons. The molecule has 0 unspecified atom stereocenters. The van der Waals surface area contributed by atoms with E-state index in [1.165, 1.54) is 13.8 Å². The van der Waals surface area contributed by atoms with Crippen LogP contribution in [0.1, 0.15) is 19.7 Å². The van der Waals surface area contributed by atoms with Crippen molar-refractivity contribution in [3.05, 3.63) is 16.3 Å². The summed E-state index contributed by atoms with van der Waals surface area (Å²) in [6.07, 6.45) is 0. The number of imidazole rings is 1. The Morgan fingerprint density at radius 1 is 1.20 bits per heavy atom. The molecule has 0 aliphatic carbocycles. The van der Waals surface area contributed by atoms with Gasteiger partial charge in [0, 0.05) is 0 Å². The first-order valence-corrected chi connectivity index (χ1v) is 4.91. The molecule has 0 bridgehead atoms. The summed E-state index contributed by atoms with van der Waals surface area (Å²) >= 11 is 11.4. The van der Waals surface area contributed by atoms with Gasteiger partial charge in [0.25, 0.3) is 0 Å². The van der Waals surface area contributed by atoms with E-state index in [0.29, 0.717) is 5.52 Å². The highest BCUT2D eigenvalue weighted by molar-refractivity contribution is 6.35. The third kappa shape index (κ3) is 1.89. The fourth-order valence-corrected chi connectivity index (χ4v) is 1.54. The Labute approximate surface area is 94.8 Å². The fraction of sp³-hybridized carbons (Fsp3) is 0.375. The molecular formula is C8H7Cl2FN4. The first-order chi connectivity index (χ1) is 6.88. The molecule has 15 heavy (non-hydrogen) atoms. The third-order valence-electron chi connectivity index (χ3n) is 1.84. The van der Waals surface area contributed by atoms with Gasteiger partial charge in [-0.1, -0.05) is 11.6 Å². The van der Waals surface area contributed by atoms with Crippen molar-refractivity contribution < 1.29 is 4.39 Å². The molecule has 1 N–H and O–H groups in total. The normalized spacial score (nSPS) is 12.3. The lowest BCUT2D eigenvalue weighted by Crippen LogP contribution is -2.10. The second-order valence-corrected chi connectivity index (χ2v) is 4.24. The van der Waals surface area contributed by atoms with Crippen LogP contribution in [0.15, 0.2) is 0 Å². The second-order valence-electron chi connectivity index (χ2n) is 3.54. The van der Waals surface area contributed by atoms with E-state index in [4.69, 9.17) is 23.2 Å². The average Bonchev–Trinajstić information content (AvgIpc) is 2.46. The third-order valence-corrected chi connectivity index (χ3v) is 2.29. The van der Waals surface area contributed by atoms with Crippen LogP contribution in [0.2, 0.25) is 10.4 Å². The molecule has 0 saturated heterocycles. The molecule has 7 heteroatoms. The van der Waals surface area contributed by atoms with Gasteiger partial charge in [-0.25, -0.2) is 14.4 Å². The smallest absolute Gasteiger partial charge is 0.225 e. The number of aromatic amines is 1. The summed E-state index contributed by atoms with van der Waals surface area (Å²) in [5.41, 5.74) is -0.932. The van der Waals surface area contributed by atoms with E-state index in [9.17, 15) is 4.39 Å². The maximum Gasteiger partial charge on any atom is 0.225 e. The van der Waals surface area contributed by atoms with Crippen molar-refractivity contribution in [2.24, 2.45) is 0 Å². The van der Waals surface area contributed by atoms with Gasteiger partial charge in [0.1, 0.15) is 11.3 Å². The SMILES string of the molecule is CC(C)(F)c1nc2nc(Cl)nc(Cl)c2[nH]1. The lowest BCUT2D eigenvalue weighted by molar-refractivity contribution is 0.208. The molecule has 0 radical (unpaired) electrons. The molecule has 0 atom stereocenters. The number of rotatable bonds is 1. The summed E-state index contributed by atoms with van der Waals surface area (Å²) in [7, 11) is 0. The van der Waals surface area contributed by atoms with Gasteiger partial charge in [-0.3, -0.25) is 0 Å². The zero-order valence-corrected chi connectivity index (χ0v) is 9.49. The molecule has 0 amide bonds. The maximum atomic E-state index is 13.6. The number of aromatic nitrogens is 4. The highest BCUT2D eigenvalue weighted by atomic mass is 35.5. The Hall–Kier alpha value is -0.940. The lowest BCUT2D eigenvalue weighted by Gasteiger charge is -2.08. The molecule has 2 aromatic rings. The first kappa shape index (κ1) is 10.6. The molecule has 4 nitrogen and oxygen atoms in total. The van der Waals surface area contributed by atoms with Gasteiger partial charge < -0.3 is 4.98 Å². The van der Waals surface area contributed by atoms with Crippen LogP contribution in [-0.2, 0) is 5.67 Å². The Balaban J connectivity index is 2.71. The standard InChI is InChI=1S/C8H7Cl2FN4/c1-8(2,11)6-12-3-4(9)13-7(10)15-5(3)14-6/h1-2H3,(H,12,13,14,15). The van der Waals surface area contributed by atoms with E-state index >= 15 is 0 Å². The summed E-state index contributed by atoms with van der Waals surface area (Å²) in [6, 6.07) is 0. The number of nitrogens with zero attached hydrogens (tertiary/aromatic N) is 3. The zero-order chi connectivity index (χ0) is 11.2. The van der Waals surface area contributed by atoms with Crippen LogP contribution in [0, 0.1) is 0 Å². The van der Waals surface area contributed by atoms with E-state index in [1.807, 2.05) is 0 Å². The predicted octanol–water partition coefficient (Wildman–Crippen LogP) is 2.86. The first-order valence-electron chi connectivity index (χ1n) is 4.16. The minimum atomic E-state index is -1.59. The van der Waals surface area contributed by atoms with Gasteiger partial charge in [-0.15, -0.1) is 0 Å². The van der Waals surface area contributed by atoms with Crippen molar-refractivity contribution in [1.82, 2.24) is 19.9 Å². The van der Waals surface area contributed by atoms with Crippen LogP contribution in [0.3, 0.4) is 0 Å². The molecule has 2 heterocycles. The van der Waals surface area contributed by atoms with E-state index in [-0.39, 0.29) is 21.9 Å². The Morgan fingerprint density at radius 2 is 1.87 bits per heavy atom. The van der Waals surface area contributed by atoms with Gasteiger partial charge in [0.15, 0.2) is 16.5 Å². The van der Waals surface area contributed by atoms with Crippen molar-refractivity contribution in [3.63, 3.8) is 0 Å². The second kappa shape index (κ2) is 3.28. The molecular weight excluding hydrogens is 242 g/mol. The zero-order valence-electron chi connectivity index (χ0n) is 7.98. The molecule has 0 saturated carbocycles. The molecule has 0 fully saturated rings. The summed E-state index contributed by atoms with van der Waals surface area (Å²) in [6.45, 7) is 2.77. The molecule has 2 rings (SSSR count). The van der Waals surface area contributed by atoms with Crippen LogP contribution in [-0.4, -0.2) is 19.9 Å². The minimum absolute atomic E-state index is 0.0118. The molecule has 2 aromatic heterocycles. The van der Waals surface area contributed by atoms with E-state index in [0.717, 1.165) is 0 Å². The van der Waals surface area contributed by atoms with Gasteiger partial charge >= 0.3 is 0 Å². The number of halogens is 3. The minimum Gasteiger partial charge on any atom is -0.335 e. The van der Waals surface area contributed by atoms with Gasteiger partial charge in [-0.2, -0.15) is 4.98 Å². The maximum absolute atomic E-state index is 13.6. The van der Waals surface area contributed by atoms with Crippen LogP contribution in [0.4, 0.5) is 4.39 Å². The van der Waals surface area contributed by atoms with E-state index in [1.54, 1.807) is 0 Å². The Morgan fingerprint density at radius 3 is 2.47 bits per heavy atom. The van der Waals surface area contributed by atoms with Crippen molar-refractivity contribution >= 4 is 34.4 Å². The summed E-state index contributed by atoms with van der Waals surface area (Å²) in [5.74, 6) is 0.149. The molecule has 0 aromatic carbocycles. The summed E-state index contributed by atoms with van der Waals surface area (Å²) in [4.78, 5) is 14.2. The number of fused-ring (bicyclic) bond motifs is 1. The van der Waals surface area contributed by atoms with Crippen LogP contribution in [0.5, 0.6) is 0 Å². The van der Waals surface area contributed by atoms with E-state index in [2.05, 4.69) is 19.9 Å². The Bertz CT molecular complexity index is 517. The molecule has 0 spiro atoms. The quantitative estimate of drug-likeness (QED) is 0.624. The lowest BCUT2D eigenvalue weighted by atomic mass is 10.2. The Kier molecular flexibility index (Phi) is 2.31.